The predicted octanol–water partition coefficient (Wildman–Crippen LogP) is 5.50. The minimum Gasteiger partial charge on any atom is -0.481 e. The van der Waals surface area contributed by atoms with Gasteiger partial charge in [0.25, 0.3) is 0 Å². The number of unbranched alkanes of at least 4 members (excludes halogenated alkanes) is 8. The van der Waals surface area contributed by atoms with Crippen LogP contribution in [0.1, 0.15) is 124 Å². The molecule has 0 heterocycles. The van der Waals surface area contributed by atoms with E-state index in [1.165, 1.54) is 25.3 Å². The highest BCUT2D eigenvalue weighted by Crippen LogP contribution is 2.28. The van der Waals surface area contributed by atoms with E-state index in [-0.39, 0.29) is 13.0 Å². The van der Waals surface area contributed by atoms with Crippen molar-refractivity contribution >= 4 is 23.6 Å². The number of benzene rings is 1. The Morgan fingerprint density at radius 1 is 0.959 bits per heavy atom. The molecule has 0 aliphatic heterocycles. The molecule has 10 heteroatoms. The number of hydrogen-bond donors (Lipinski definition) is 4. The molecule has 1 rings (SSSR count). The van der Waals surface area contributed by atoms with Crippen LogP contribution < -0.4 is 15.8 Å². The molecule has 10 nitrogen and oxygen atoms in total. The highest BCUT2D eigenvalue weighted by molar-refractivity contribution is 5.94. The molecular weight excluding hydrogens is 624 g/mol. The van der Waals surface area contributed by atoms with E-state index in [0.717, 1.165) is 38.5 Å². The number of amides is 2. The molecule has 2 amide bonds. The van der Waals surface area contributed by atoms with Crippen LogP contribution in [0, 0.1) is 17.8 Å². The molecule has 0 saturated heterocycles. The molecule has 3 atom stereocenters. The molecule has 0 spiro atoms. The summed E-state index contributed by atoms with van der Waals surface area (Å²) in [6.45, 7) is 8.42. The van der Waals surface area contributed by atoms with Gasteiger partial charge >= 0.3 is 5.97 Å². The SMILES string of the molecule is CC#CCOc1ccc(C[C@H](NC(=O)[C@@H](/C=C/CCCCCCC(=O)CCCCCCC)[C@@](O)(CCO)C(=O)OC(C)(C)C)C(N)=O)cc1. The number of nitrogens with two attached hydrogens (primary N) is 1. The predicted molar refractivity (Wildman–Crippen MR) is 191 cm³/mol. The van der Waals surface area contributed by atoms with Crippen LogP contribution in [0.25, 0.3) is 0 Å². The van der Waals surface area contributed by atoms with E-state index in [9.17, 15) is 29.4 Å². The maximum Gasteiger partial charge on any atom is 0.339 e. The second kappa shape index (κ2) is 23.6. The summed E-state index contributed by atoms with van der Waals surface area (Å²) in [6, 6.07) is 5.75. The number of primary amides is 1. The number of aliphatic hydroxyl groups is 2. The van der Waals surface area contributed by atoms with Crippen LogP contribution in [-0.4, -0.2) is 64.2 Å². The number of esters is 1. The van der Waals surface area contributed by atoms with Gasteiger partial charge in [-0.3, -0.25) is 14.4 Å². The van der Waals surface area contributed by atoms with Gasteiger partial charge in [-0.15, -0.1) is 5.92 Å². The number of nitrogens with one attached hydrogen (secondary N) is 1. The third-order valence-electron chi connectivity index (χ3n) is 8.02. The Hall–Kier alpha value is -3.68. The van der Waals surface area contributed by atoms with Crippen molar-refractivity contribution in [2.75, 3.05) is 13.2 Å². The van der Waals surface area contributed by atoms with Crippen LogP contribution in [0.4, 0.5) is 0 Å². The highest BCUT2D eigenvalue weighted by Gasteiger charge is 2.49. The topological polar surface area (TPSA) is 165 Å². The molecule has 0 bridgehead atoms. The van der Waals surface area contributed by atoms with Gasteiger partial charge in [0.05, 0.1) is 5.92 Å². The molecule has 1 aromatic carbocycles. The molecule has 0 aliphatic rings. The molecule has 49 heavy (non-hydrogen) atoms. The minimum absolute atomic E-state index is 0.0543. The van der Waals surface area contributed by atoms with Crippen LogP contribution in [-0.2, 0) is 30.3 Å². The van der Waals surface area contributed by atoms with Crippen molar-refractivity contribution in [2.24, 2.45) is 11.7 Å². The van der Waals surface area contributed by atoms with Crippen LogP contribution in [0.2, 0.25) is 0 Å². The third kappa shape index (κ3) is 18.0. The molecule has 0 unspecified atom stereocenters. The Balaban J connectivity index is 2.97. The molecule has 0 fully saturated rings. The molecule has 1 aromatic rings. The summed E-state index contributed by atoms with van der Waals surface area (Å²) in [5.74, 6) is 2.30. The van der Waals surface area contributed by atoms with Crippen molar-refractivity contribution in [1.29, 1.82) is 0 Å². The maximum absolute atomic E-state index is 13.8. The number of allylic oxidation sites excluding steroid dienone is 1. The molecule has 0 aromatic heterocycles. The first-order valence-electron chi connectivity index (χ1n) is 17.7. The fraction of sp³-hybridized carbons (Fsp3) is 0.641. The largest absolute Gasteiger partial charge is 0.481 e. The smallest absolute Gasteiger partial charge is 0.339 e. The van der Waals surface area contributed by atoms with E-state index >= 15 is 0 Å². The van der Waals surface area contributed by atoms with Crippen molar-refractivity contribution in [3.05, 3.63) is 42.0 Å². The lowest BCUT2D eigenvalue weighted by atomic mass is 9.82. The summed E-state index contributed by atoms with van der Waals surface area (Å²) < 4.78 is 11.0. The Morgan fingerprint density at radius 2 is 1.57 bits per heavy atom. The van der Waals surface area contributed by atoms with Gasteiger partial charge in [0.15, 0.2) is 5.60 Å². The fourth-order valence-corrected chi connectivity index (χ4v) is 5.24. The first-order chi connectivity index (χ1) is 23.3. The van der Waals surface area contributed by atoms with Crippen LogP contribution in [0.15, 0.2) is 36.4 Å². The molecule has 0 aliphatic carbocycles. The van der Waals surface area contributed by atoms with Crippen molar-refractivity contribution in [3.8, 4) is 17.6 Å². The lowest BCUT2D eigenvalue weighted by molar-refractivity contribution is -0.185. The Bertz CT molecular complexity index is 1240. The van der Waals surface area contributed by atoms with Crippen molar-refractivity contribution < 1.29 is 38.9 Å². The zero-order valence-corrected chi connectivity index (χ0v) is 30.4. The van der Waals surface area contributed by atoms with E-state index in [1.54, 1.807) is 58.0 Å². The third-order valence-corrected chi connectivity index (χ3v) is 8.02. The van der Waals surface area contributed by atoms with E-state index < -0.39 is 54.0 Å². The standard InChI is InChI=1S/C39H60N2O8/c1-6-8-10-13-16-19-31(43)20-17-14-11-12-15-18-21-33(39(47,26-27-42)37(46)49-38(3,4)5)36(45)41-34(35(40)44)29-30-22-24-32(25-23-30)48-28-9-7-2/h18,21-25,33-34,42,47H,6,8,10-17,19-20,26-29H2,1-5H3,(H2,40,44)(H,41,45)/b21-18+/t33-,34+,39+/m1/s1. The molecular formula is C39H60N2O8. The van der Waals surface area contributed by atoms with Gasteiger partial charge in [0.1, 0.15) is 29.8 Å². The lowest BCUT2D eigenvalue weighted by Crippen LogP contribution is -2.57. The number of rotatable bonds is 25. The Labute approximate surface area is 293 Å². The molecule has 0 radical (unpaired) electrons. The van der Waals surface area contributed by atoms with Crippen LogP contribution in [0.3, 0.4) is 0 Å². The van der Waals surface area contributed by atoms with Gasteiger partial charge in [-0.25, -0.2) is 4.79 Å². The first-order valence-corrected chi connectivity index (χ1v) is 17.7. The maximum atomic E-state index is 13.8. The summed E-state index contributed by atoms with van der Waals surface area (Å²) in [7, 11) is 0. The quantitative estimate of drug-likeness (QED) is 0.0454. The zero-order chi connectivity index (χ0) is 36.7. The van der Waals surface area contributed by atoms with Crippen LogP contribution in [0.5, 0.6) is 5.75 Å². The number of Topliss-reactive ketones (excluding diaryl/α,β-unsaturated/α-hetero) is 1. The van der Waals surface area contributed by atoms with E-state index in [2.05, 4.69) is 24.1 Å². The molecule has 274 valence electrons. The number of carbonyl (C=O) groups excluding carboxylic acids is 4. The van der Waals surface area contributed by atoms with E-state index in [4.69, 9.17) is 15.2 Å². The number of hydrogen-bond acceptors (Lipinski definition) is 8. The summed E-state index contributed by atoms with van der Waals surface area (Å²) in [6.07, 6.45) is 13.5. The summed E-state index contributed by atoms with van der Waals surface area (Å²) in [5, 5.41) is 24.1. The Kier molecular flexibility index (Phi) is 20.9. The van der Waals surface area contributed by atoms with Crippen molar-refractivity contribution in [3.63, 3.8) is 0 Å². The summed E-state index contributed by atoms with van der Waals surface area (Å²) >= 11 is 0. The summed E-state index contributed by atoms with van der Waals surface area (Å²) in [5.41, 5.74) is 2.97. The average molecular weight is 685 g/mol. The van der Waals surface area contributed by atoms with Gasteiger partial charge in [-0.05, 0) is 71.1 Å². The number of carbonyl (C=O) groups is 4. The number of ketones is 1. The van der Waals surface area contributed by atoms with Gasteiger partial charge in [0, 0.05) is 32.3 Å². The fourth-order valence-electron chi connectivity index (χ4n) is 5.24. The minimum atomic E-state index is -2.41. The van der Waals surface area contributed by atoms with Crippen molar-refractivity contribution in [2.45, 2.75) is 142 Å². The second-order valence-electron chi connectivity index (χ2n) is 13.5. The first kappa shape index (κ1) is 43.3. The number of aliphatic hydroxyl groups excluding tert-OH is 1. The number of ether oxygens (including phenoxy) is 2. The summed E-state index contributed by atoms with van der Waals surface area (Å²) in [4.78, 5) is 51.6. The molecule has 5 N–H and O–H groups in total. The van der Waals surface area contributed by atoms with Gasteiger partial charge in [0.2, 0.25) is 11.8 Å². The lowest BCUT2D eigenvalue weighted by Gasteiger charge is -2.34. The highest BCUT2D eigenvalue weighted by atomic mass is 16.6. The normalized spacial score (nSPS) is 13.9. The second-order valence-corrected chi connectivity index (χ2v) is 13.5. The Morgan fingerprint density at radius 3 is 2.12 bits per heavy atom. The monoisotopic (exact) mass is 684 g/mol. The molecule has 0 saturated carbocycles. The van der Waals surface area contributed by atoms with Crippen LogP contribution >= 0.6 is 0 Å². The van der Waals surface area contributed by atoms with Gasteiger partial charge in [-0.1, -0.05) is 75.7 Å². The van der Waals surface area contributed by atoms with Gasteiger partial charge < -0.3 is 30.7 Å². The van der Waals surface area contributed by atoms with E-state index in [0.29, 0.717) is 36.4 Å². The van der Waals surface area contributed by atoms with E-state index in [1.807, 2.05) is 0 Å². The van der Waals surface area contributed by atoms with Gasteiger partial charge in [-0.2, -0.15) is 0 Å². The zero-order valence-electron chi connectivity index (χ0n) is 30.4. The average Bonchev–Trinajstić information content (AvgIpc) is 3.03. The van der Waals surface area contributed by atoms with Crippen molar-refractivity contribution in [1.82, 2.24) is 5.32 Å².